The minimum Gasteiger partial charge on any atom is -0.212 e. The van der Waals surface area contributed by atoms with Crippen molar-refractivity contribution in [2.75, 3.05) is 6.26 Å². The fourth-order valence-corrected chi connectivity index (χ4v) is 4.41. The van der Waals surface area contributed by atoms with Crippen LogP contribution in [0.15, 0.2) is 0 Å². The van der Waals surface area contributed by atoms with Crippen molar-refractivity contribution in [1.29, 1.82) is 0 Å². The van der Waals surface area contributed by atoms with E-state index in [0.717, 1.165) is 25.7 Å². The number of sulfonamides is 1. The second-order valence-electron chi connectivity index (χ2n) is 4.55. The van der Waals surface area contributed by atoms with Gasteiger partial charge in [0.2, 0.25) is 10.0 Å². The summed E-state index contributed by atoms with van der Waals surface area (Å²) >= 11 is 0. The highest BCUT2D eigenvalue weighted by Crippen LogP contribution is 2.39. The van der Waals surface area contributed by atoms with Crippen LogP contribution in [0.5, 0.6) is 0 Å². The molecule has 0 amide bonds. The van der Waals surface area contributed by atoms with Crippen molar-refractivity contribution in [3.05, 3.63) is 0 Å². The van der Waals surface area contributed by atoms with E-state index in [0.29, 0.717) is 18.0 Å². The number of fused-ring (bicyclic) bond motifs is 2. The third-order valence-corrected chi connectivity index (χ3v) is 4.65. The van der Waals surface area contributed by atoms with Crippen LogP contribution in [0.2, 0.25) is 0 Å². The molecule has 2 bridgehead atoms. The summed E-state index contributed by atoms with van der Waals surface area (Å²) in [6.45, 7) is 2.23. The van der Waals surface area contributed by atoms with Crippen molar-refractivity contribution in [3.8, 4) is 0 Å². The van der Waals surface area contributed by atoms with Gasteiger partial charge in [-0.2, -0.15) is 4.31 Å². The van der Waals surface area contributed by atoms with Gasteiger partial charge in [-0.15, -0.1) is 0 Å². The zero-order valence-corrected chi connectivity index (χ0v) is 9.05. The molecule has 2 saturated heterocycles. The van der Waals surface area contributed by atoms with Crippen molar-refractivity contribution in [2.24, 2.45) is 5.92 Å². The maximum absolute atomic E-state index is 11.5. The monoisotopic (exact) mass is 203 g/mol. The molecular weight excluding hydrogens is 186 g/mol. The summed E-state index contributed by atoms with van der Waals surface area (Å²) in [5.41, 5.74) is 0. The number of piperidine rings is 1. The lowest BCUT2D eigenvalue weighted by Crippen LogP contribution is -2.45. The molecule has 2 fully saturated rings. The molecule has 4 heteroatoms. The Balaban J connectivity index is 2.25. The molecule has 2 unspecified atom stereocenters. The molecule has 2 atom stereocenters. The van der Waals surface area contributed by atoms with Crippen LogP contribution in [-0.2, 0) is 10.0 Å². The predicted molar refractivity (Wildman–Crippen MR) is 51.9 cm³/mol. The van der Waals surface area contributed by atoms with E-state index >= 15 is 0 Å². The standard InChI is InChI=1S/C9H17NO2S/c1-7-5-8-3-4-9(6-7)10(8)13(2,11)12/h7-9H,3-6H2,1-2H3. The average molecular weight is 203 g/mol. The molecule has 0 aromatic carbocycles. The highest BCUT2D eigenvalue weighted by molar-refractivity contribution is 7.88. The van der Waals surface area contributed by atoms with E-state index in [-0.39, 0.29) is 0 Å². The van der Waals surface area contributed by atoms with Crippen LogP contribution in [0, 0.1) is 5.92 Å². The van der Waals surface area contributed by atoms with Gasteiger partial charge >= 0.3 is 0 Å². The van der Waals surface area contributed by atoms with Crippen molar-refractivity contribution < 1.29 is 8.42 Å². The third kappa shape index (κ3) is 1.62. The Bertz CT molecular complexity index is 285. The lowest BCUT2D eigenvalue weighted by atomic mass is 9.94. The number of hydrogen-bond donors (Lipinski definition) is 0. The molecule has 76 valence electrons. The lowest BCUT2D eigenvalue weighted by Gasteiger charge is -2.35. The first-order valence-electron chi connectivity index (χ1n) is 4.97. The van der Waals surface area contributed by atoms with Gasteiger partial charge in [0.25, 0.3) is 0 Å². The van der Waals surface area contributed by atoms with Crippen LogP contribution in [0.4, 0.5) is 0 Å². The van der Waals surface area contributed by atoms with E-state index in [1.54, 1.807) is 4.31 Å². The Labute approximate surface area is 80.2 Å². The van der Waals surface area contributed by atoms with Gasteiger partial charge in [-0.05, 0) is 31.6 Å². The van der Waals surface area contributed by atoms with E-state index in [2.05, 4.69) is 6.92 Å². The van der Waals surface area contributed by atoms with E-state index in [4.69, 9.17) is 0 Å². The molecule has 2 aliphatic rings. The minimum absolute atomic E-state index is 0.309. The number of rotatable bonds is 1. The topological polar surface area (TPSA) is 37.4 Å². The van der Waals surface area contributed by atoms with Gasteiger partial charge in [-0.1, -0.05) is 6.92 Å². The van der Waals surface area contributed by atoms with E-state index < -0.39 is 10.0 Å². The Hall–Kier alpha value is -0.0900. The first kappa shape index (κ1) is 9.46. The lowest BCUT2D eigenvalue weighted by molar-refractivity contribution is 0.202. The Morgan fingerprint density at radius 1 is 1.15 bits per heavy atom. The highest BCUT2D eigenvalue weighted by Gasteiger charge is 2.43. The first-order chi connectivity index (χ1) is 5.98. The van der Waals surface area contributed by atoms with Gasteiger partial charge in [0, 0.05) is 12.1 Å². The number of hydrogen-bond acceptors (Lipinski definition) is 2. The largest absolute Gasteiger partial charge is 0.212 e. The molecule has 0 N–H and O–H groups in total. The van der Waals surface area contributed by atoms with Crippen molar-refractivity contribution in [2.45, 2.75) is 44.7 Å². The van der Waals surface area contributed by atoms with Gasteiger partial charge in [-0.25, -0.2) is 8.42 Å². The number of nitrogens with zero attached hydrogens (tertiary/aromatic N) is 1. The Morgan fingerprint density at radius 2 is 1.62 bits per heavy atom. The molecule has 2 rings (SSSR count). The average Bonchev–Trinajstić information content (AvgIpc) is 2.23. The molecule has 0 radical (unpaired) electrons. The quantitative estimate of drug-likeness (QED) is 0.642. The molecule has 2 aliphatic heterocycles. The van der Waals surface area contributed by atoms with Gasteiger partial charge < -0.3 is 0 Å². The van der Waals surface area contributed by atoms with E-state index in [1.807, 2.05) is 0 Å². The van der Waals surface area contributed by atoms with Gasteiger partial charge in [0.15, 0.2) is 0 Å². The first-order valence-corrected chi connectivity index (χ1v) is 6.82. The normalized spacial score (nSPS) is 40.9. The molecule has 0 aromatic rings. The van der Waals surface area contributed by atoms with Gasteiger partial charge in [-0.3, -0.25) is 0 Å². The van der Waals surface area contributed by atoms with Gasteiger partial charge in [0.05, 0.1) is 6.26 Å². The molecule has 2 heterocycles. The van der Waals surface area contributed by atoms with Crippen LogP contribution in [0.1, 0.15) is 32.6 Å². The molecule has 13 heavy (non-hydrogen) atoms. The van der Waals surface area contributed by atoms with Crippen LogP contribution in [-0.4, -0.2) is 31.1 Å². The second kappa shape index (κ2) is 2.95. The predicted octanol–water partition coefficient (Wildman–Crippen LogP) is 1.21. The SMILES string of the molecule is CC1CC2CCC(C1)N2S(C)(=O)=O. The summed E-state index contributed by atoms with van der Waals surface area (Å²) in [4.78, 5) is 0. The summed E-state index contributed by atoms with van der Waals surface area (Å²) in [7, 11) is -2.95. The maximum atomic E-state index is 11.5. The van der Waals surface area contributed by atoms with Gasteiger partial charge in [0.1, 0.15) is 0 Å². The van der Waals surface area contributed by atoms with Crippen LogP contribution >= 0.6 is 0 Å². The fraction of sp³-hybridized carbons (Fsp3) is 1.00. The van der Waals surface area contributed by atoms with Crippen molar-refractivity contribution in [1.82, 2.24) is 4.31 Å². The summed E-state index contributed by atoms with van der Waals surface area (Å²) in [6, 6.07) is 0.618. The summed E-state index contributed by atoms with van der Waals surface area (Å²) < 4.78 is 24.7. The van der Waals surface area contributed by atoms with Crippen molar-refractivity contribution >= 4 is 10.0 Å². The maximum Gasteiger partial charge on any atom is 0.211 e. The van der Waals surface area contributed by atoms with Crippen LogP contribution < -0.4 is 0 Å². The van der Waals surface area contributed by atoms with E-state index in [9.17, 15) is 8.42 Å². The molecular formula is C9H17NO2S. The highest BCUT2D eigenvalue weighted by atomic mass is 32.2. The molecule has 0 aromatic heterocycles. The fourth-order valence-electron chi connectivity index (χ4n) is 2.95. The van der Waals surface area contributed by atoms with E-state index in [1.165, 1.54) is 6.26 Å². The summed E-state index contributed by atoms with van der Waals surface area (Å²) in [5.74, 6) is 0.704. The zero-order valence-electron chi connectivity index (χ0n) is 8.23. The zero-order chi connectivity index (χ0) is 9.64. The smallest absolute Gasteiger partial charge is 0.211 e. The molecule has 0 aliphatic carbocycles. The van der Waals surface area contributed by atoms with Crippen LogP contribution in [0.3, 0.4) is 0 Å². The van der Waals surface area contributed by atoms with Crippen LogP contribution in [0.25, 0.3) is 0 Å². The Kier molecular flexibility index (Phi) is 2.15. The third-order valence-electron chi connectivity index (χ3n) is 3.28. The molecule has 3 nitrogen and oxygen atoms in total. The second-order valence-corrected chi connectivity index (χ2v) is 6.44. The molecule has 0 saturated carbocycles. The summed E-state index contributed by atoms with van der Waals surface area (Å²) in [5, 5.41) is 0. The Morgan fingerprint density at radius 3 is 2.00 bits per heavy atom. The minimum atomic E-state index is -2.95. The van der Waals surface area contributed by atoms with Crippen molar-refractivity contribution in [3.63, 3.8) is 0 Å². The summed E-state index contributed by atoms with van der Waals surface area (Å²) in [6.07, 6.45) is 5.60. The molecule has 0 spiro atoms.